The van der Waals surface area contributed by atoms with Crippen LogP contribution in [0.3, 0.4) is 0 Å². The van der Waals surface area contributed by atoms with E-state index in [2.05, 4.69) is 27.7 Å². The lowest BCUT2D eigenvalue weighted by Gasteiger charge is -2.20. The molecule has 0 aliphatic carbocycles. The normalized spacial score (nSPS) is 11.6. The fourth-order valence-electron chi connectivity index (χ4n) is 4.41. The smallest absolute Gasteiger partial charge is 0.204 e. The van der Waals surface area contributed by atoms with E-state index < -0.39 is 0 Å². The van der Waals surface area contributed by atoms with Crippen molar-refractivity contribution in [3.05, 3.63) is 27.4 Å². The predicted octanol–water partition coefficient (Wildman–Crippen LogP) is 5.86. The third kappa shape index (κ3) is 4.48. The fraction of sp³-hybridized carbons (Fsp3) is 0.519. The Balaban J connectivity index is 2.51. The van der Waals surface area contributed by atoms with Crippen LogP contribution in [-0.4, -0.2) is 33.5 Å². The van der Waals surface area contributed by atoms with Crippen LogP contribution in [0, 0.1) is 11.8 Å². The zero-order valence-electron chi connectivity index (χ0n) is 21.5. The molecule has 0 amide bonds. The molecule has 7 nitrogen and oxygen atoms in total. The van der Waals surface area contributed by atoms with Crippen molar-refractivity contribution < 1.29 is 28.5 Å². The number of methoxy groups -OCH3 is 4. The van der Waals surface area contributed by atoms with Gasteiger partial charge in [0, 0.05) is 17.2 Å². The van der Waals surface area contributed by atoms with Gasteiger partial charge in [0.25, 0.3) is 0 Å². The number of hydrogen-bond donors (Lipinski definition) is 1. The molecule has 0 atom stereocenters. The topological polar surface area (TPSA) is 87.4 Å². The molecule has 0 aliphatic heterocycles. The van der Waals surface area contributed by atoms with E-state index in [4.69, 9.17) is 23.4 Å². The van der Waals surface area contributed by atoms with Crippen LogP contribution in [0.2, 0.25) is 0 Å². The summed E-state index contributed by atoms with van der Waals surface area (Å²) < 4.78 is 28.7. The minimum atomic E-state index is -0.281. The van der Waals surface area contributed by atoms with Gasteiger partial charge in [-0.2, -0.15) is 0 Å². The van der Waals surface area contributed by atoms with Gasteiger partial charge in [-0.15, -0.1) is 0 Å². The van der Waals surface area contributed by atoms with Gasteiger partial charge in [0.1, 0.15) is 16.7 Å². The molecule has 7 heteroatoms. The summed E-state index contributed by atoms with van der Waals surface area (Å²) in [6.45, 7) is 8.48. The van der Waals surface area contributed by atoms with Crippen LogP contribution in [0.5, 0.6) is 28.7 Å². The third-order valence-corrected chi connectivity index (χ3v) is 6.18. The molecule has 1 N–H and O–H groups in total. The summed E-state index contributed by atoms with van der Waals surface area (Å²) in [6.07, 6.45) is 2.87. The highest BCUT2D eigenvalue weighted by molar-refractivity contribution is 6.00. The average molecular weight is 473 g/mol. The number of aromatic hydroxyl groups is 1. The summed E-state index contributed by atoms with van der Waals surface area (Å²) in [5, 5.41) is 11.7. The molecular weight excluding hydrogens is 436 g/mol. The highest BCUT2D eigenvalue weighted by atomic mass is 16.5. The largest absolute Gasteiger partial charge is 0.502 e. The summed E-state index contributed by atoms with van der Waals surface area (Å²) in [7, 11) is 6.10. The molecule has 0 bridgehead atoms. The molecule has 2 aromatic carbocycles. The van der Waals surface area contributed by atoms with Crippen LogP contribution in [0.25, 0.3) is 21.9 Å². The second-order valence-corrected chi connectivity index (χ2v) is 9.36. The lowest BCUT2D eigenvalue weighted by atomic mass is 9.95. The second kappa shape index (κ2) is 10.5. The maximum absolute atomic E-state index is 14.1. The predicted molar refractivity (Wildman–Crippen MR) is 134 cm³/mol. The van der Waals surface area contributed by atoms with E-state index in [9.17, 15) is 9.90 Å². The molecule has 0 radical (unpaired) electrons. The average Bonchev–Trinajstić information content (AvgIpc) is 2.80. The Morgan fingerprint density at radius 3 is 1.85 bits per heavy atom. The van der Waals surface area contributed by atoms with Crippen molar-refractivity contribution in [2.24, 2.45) is 11.8 Å². The van der Waals surface area contributed by atoms with Crippen molar-refractivity contribution in [1.29, 1.82) is 0 Å². The first-order valence-electron chi connectivity index (χ1n) is 11.7. The Labute approximate surface area is 200 Å². The first kappa shape index (κ1) is 25.5. The van der Waals surface area contributed by atoms with Crippen LogP contribution in [0.4, 0.5) is 0 Å². The number of rotatable bonds is 10. The van der Waals surface area contributed by atoms with E-state index in [1.54, 1.807) is 20.3 Å². The van der Waals surface area contributed by atoms with Crippen molar-refractivity contribution in [3.63, 3.8) is 0 Å². The van der Waals surface area contributed by atoms with Crippen molar-refractivity contribution in [1.82, 2.24) is 0 Å². The maximum Gasteiger partial charge on any atom is 0.204 e. The van der Waals surface area contributed by atoms with Gasteiger partial charge < -0.3 is 28.5 Å². The Hall–Kier alpha value is -3.09. The van der Waals surface area contributed by atoms with Gasteiger partial charge in [-0.1, -0.05) is 27.7 Å². The highest BCUT2D eigenvalue weighted by Gasteiger charge is 2.28. The van der Waals surface area contributed by atoms with E-state index >= 15 is 0 Å². The van der Waals surface area contributed by atoms with Gasteiger partial charge in [-0.05, 0) is 37.5 Å². The van der Waals surface area contributed by atoms with Crippen LogP contribution in [0.1, 0.15) is 51.7 Å². The monoisotopic (exact) mass is 472 g/mol. The molecule has 0 aliphatic rings. The third-order valence-electron chi connectivity index (χ3n) is 6.18. The summed E-state index contributed by atoms with van der Waals surface area (Å²) in [5.74, 6) is 2.22. The molecule has 3 aromatic rings. The van der Waals surface area contributed by atoms with Gasteiger partial charge in [-0.3, -0.25) is 4.79 Å². The molecule has 1 heterocycles. The number of phenolic OH excluding ortho intramolecular Hbond substituents is 1. The second-order valence-electron chi connectivity index (χ2n) is 9.36. The zero-order valence-corrected chi connectivity index (χ0v) is 21.5. The standard InChI is InChI=1S/C27H36O7/c1-14(2)9-11-16-20-18(13-19(30-5)24(16)31-6)34-27-21(22(20)28)25(32-7)17(12-10-15(3)4)26(33-8)23(27)29/h13-15,29H,9-12H2,1-8H3. The number of phenols is 1. The molecule has 34 heavy (non-hydrogen) atoms. The summed E-state index contributed by atoms with van der Waals surface area (Å²) >= 11 is 0. The van der Waals surface area contributed by atoms with E-state index in [1.807, 2.05) is 0 Å². The van der Waals surface area contributed by atoms with E-state index in [0.717, 1.165) is 18.4 Å². The number of ether oxygens (including phenoxy) is 4. The molecule has 186 valence electrons. The SMILES string of the molecule is COc1cc2oc3c(O)c(OC)c(CCC(C)C)c(OC)c3c(=O)c2c(CCC(C)C)c1OC. The van der Waals surface area contributed by atoms with E-state index in [-0.39, 0.29) is 27.9 Å². The maximum atomic E-state index is 14.1. The number of fused-ring (bicyclic) bond motifs is 2. The van der Waals surface area contributed by atoms with Crippen molar-refractivity contribution in [2.45, 2.75) is 53.4 Å². The first-order valence-corrected chi connectivity index (χ1v) is 11.7. The van der Waals surface area contributed by atoms with Crippen LogP contribution in [0.15, 0.2) is 15.3 Å². The van der Waals surface area contributed by atoms with Gasteiger partial charge >= 0.3 is 0 Å². The number of benzene rings is 2. The molecule has 0 unspecified atom stereocenters. The molecule has 0 fully saturated rings. The zero-order chi connectivity index (χ0) is 25.2. The highest BCUT2D eigenvalue weighted by Crippen LogP contribution is 2.47. The quantitative estimate of drug-likeness (QED) is 0.370. The Morgan fingerprint density at radius 1 is 0.794 bits per heavy atom. The van der Waals surface area contributed by atoms with Crippen molar-refractivity contribution in [2.75, 3.05) is 28.4 Å². The Kier molecular flexibility index (Phi) is 7.85. The van der Waals surface area contributed by atoms with Gasteiger partial charge in [-0.25, -0.2) is 0 Å². The van der Waals surface area contributed by atoms with Gasteiger partial charge in [0.15, 0.2) is 22.8 Å². The van der Waals surface area contributed by atoms with Crippen LogP contribution in [-0.2, 0) is 12.8 Å². The number of hydrogen-bond acceptors (Lipinski definition) is 7. The van der Waals surface area contributed by atoms with Crippen LogP contribution >= 0.6 is 0 Å². The summed E-state index contributed by atoms with van der Waals surface area (Å²) in [4.78, 5) is 14.1. The lowest BCUT2D eigenvalue weighted by Crippen LogP contribution is -2.11. The Morgan fingerprint density at radius 2 is 1.35 bits per heavy atom. The van der Waals surface area contributed by atoms with E-state index in [1.165, 1.54) is 14.2 Å². The minimum absolute atomic E-state index is 0.0292. The molecule has 0 spiro atoms. The Bertz CT molecular complexity index is 1240. The molecule has 0 saturated heterocycles. The van der Waals surface area contributed by atoms with Gasteiger partial charge in [0.2, 0.25) is 11.2 Å². The fourth-order valence-corrected chi connectivity index (χ4v) is 4.41. The lowest BCUT2D eigenvalue weighted by molar-refractivity contribution is 0.350. The minimum Gasteiger partial charge on any atom is -0.502 e. The molecular formula is C27H36O7. The van der Waals surface area contributed by atoms with E-state index in [0.29, 0.717) is 58.5 Å². The van der Waals surface area contributed by atoms with Crippen molar-refractivity contribution >= 4 is 21.9 Å². The number of aryl methyl sites for hydroxylation is 1. The molecule has 0 saturated carbocycles. The first-order chi connectivity index (χ1) is 16.2. The van der Waals surface area contributed by atoms with Crippen LogP contribution < -0.4 is 24.4 Å². The van der Waals surface area contributed by atoms with Gasteiger partial charge in [0.05, 0.1) is 33.8 Å². The molecule has 3 rings (SSSR count). The molecule has 1 aromatic heterocycles. The summed E-state index contributed by atoms with van der Waals surface area (Å²) in [6, 6.07) is 1.62. The summed E-state index contributed by atoms with van der Waals surface area (Å²) in [5.41, 5.74) is 1.43. The van der Waals surface area contributed by atoms with Crippen molar-refractivity contribution in [3.8, 4) is 28.7 Å².